The number of methoxy groups -OCH3 is 1. The van der Waals surface area contributed by atoms with E-state index in [0.717, 1.165) is 4.90 Å². The van der Waals surface area contributed by atoms with E-state index in [2.05, 4.69) is 5.32 Å². The van der Waals surface area contributed by atoms with Crippen molar-refractivity contribution in [1.82, 2.24) is 5.32 Å². The highest BCUT2D eigenvalue weighted by Crippen LogP contribution is 2.23. The molecule has 1 amide bonds. The maximum Gasteiger partial charge on any atom is 0.328 e. The number of benzene rings is 1. The third-order valence-corrected chi connectivity index (χ3v) is 3.88. The summed E-state index contributed by atoms with van der Waals surface area (Å²) in [6.45, 7) is 3.67. The molecule has 1 unspecified atom stereocenters. The molecule has 1 aromatic carbocycles. The van der Waals surface area contributed by atoms with Crippen LogP contribution in [0.25, 0.3) is 0 Å². The molecule has 0 saturated carbocycles. The van der Waals surface area contributed by atoms with Gasteiger partial charge >= 0.3 is 5.97 Å². The number of nitrogens with one attached hydrogen (secondary N) is 1. The van der Waals surface area contributed by atoms with Crippen LogP contribution in [0.5, 0.6) is 0 Å². The van der Waals surface area contributed by atoms with E-state index in [1.165, 1.54) is 18.9 Å². The molecule has 0 saturated heterocycles. The first kappa shape index (κ1) is 16.9. The van der Waals surface area contributed by atoms with Gasteiger partial charge in [-0.15, -0.1) is 11.8 Å². The Morgan fingerprint density at radius 2 is 2.00 bits per heavy atom. The van der Waals surface area contributed by atoms with Crippen molar-refractivity contribution in [2.75, 3.05) is 13.4 Å². The van der Waals surface area contributed by atoms with Crippen molar-refractivity contribution in [3.8, 4) is 0 Å². The van der Waals surface area contributed by atoms with Gasteiger partial charge in [0.2, 0.25) is 0 Å². The fourth-order valence-corrected chi connectivity index (χ4v) is 2.29. The second-order valence-electron chi connectivity index (χ2n) is 4.56. The molecule has 0 aliphatic heterocycles. The molecule has 1 atom stereocenters. The Bertz CT molecular complexity index is 505. The molecule has 0 fully saturated rings. The molecule has 1 aromatic rings. The van der Waals surface area contributed by atoms with Gasteiger partial charge in [0.1, 0.15) is 6.04 Å². The van der Waals surface area contributed by atoms with Crippen molar-refractivity contribution in [3.05, 3.63) is 28.8 Å². The van der Waals surface area contributed by atoms with Gasteiger partial charge in [0.25, 0.3) is 5.91 Å². The van der Waals surface area contributed by atoms with Crippen LogP contribution in [0.4, 0.5) is 0 Å². The molecule has 4 nitrogen and oxygen atoms in total. The van der Waals surface area contributed by atoms with E-state index in [1.807, 2.05) is 26.2 Å². The van der Waals surface area contributed by atoms with Gasteiger partial charge in [0, 0.05) is 4.90 Å². The van der Waals surface area contributed by atoms with Gasteiger partial charge in [-0.3, -0.25) is 4.79 Å². The van der Waals surface area contributed by atoms with Crippen LogP contribution in [0.15, 0.2) is 23.1 Å². The lowest BCUT2D eigenvalue weighted by Gasteiger charge is -2.20. The number of esters is 1. The predicted molar refractivity (Wildman–Crippen MR) is 81.3 cm³/mol. The first-order valence-corrected chi connectivity index (χ1v) is 7.73. The van der Waals surface area contributed by atoms with Crippen LogP contribution >= 0.6 is 23.4 Å². The van der Waals surface area contributed by atoms with Crippen molar-refractivity contribution in [3.63, 3.8) is 0 Å². The van der Waals surface area contributed by atoms with Gasteiger partial charge in [0.15, 0.2) is 0 Å². The number of hydrogen-bond acceptors (Lipinski definition) is 4. The SMILES string of the molecule is COC(=O)C(NC(=O)c1cc(SC)ccc1Cl)C(C)C. The summed E-state index contributed by atoms with van der Waals surface area (Å²) in [5, 5.41) is 3.02. The zero-order chi connectivity index (χ0) is 15.3. The lowest BCUT2D eigenvalue weighted by Crippen LogP contribution is -2.45. The number of carbonyl (C=O) groups excluding carboxylic acids is 2. The third-order valence-electron chi connectivity index (χ3n) is 2.83. The quantitative estimate of drug-likeness (QED) is 0.670. The van der Waals surface area contributed by atoms with E-state index in [0.29, 0.717) is 10.6 Å². The monoisotopic (exact) mass is 315 g/mol. The Morgan fingerprint density at radius 1 is 1.35 bits per heavy atom. The molecule has 0 spiro atoms. The molecule has 0 aliphatic carbocycles. The minimum Gasteiger partial charge on any atom is -0.467 e. The molecule has 6 heteroatoms. The second kappa shape index (κ2) is 7.55. The normalized spacial score (nSPS) is 12.1. The van der Waals surface area contributed by atoms with Crippen LogP contribution in [0.3, 0.4) is 0 Å². The average molecular weight is 316 g/mol. The highest BCUT2D eigenvalue weighted by molar-refractivity contribution is 7.98. The van der Waals surface area contributed by atoms with Gasteiger partial charge in [0.05, 0.1) is 17.7 Å². The molecule has 0 aromatic heterocycles. The number of halogens is 1. The average Bonchev–Trinajstić information content (AvgIpc) is 2.43. The Labute approximate surface area is 128 Å². The van der Waals surface area contributed by atoms with Gasteiger partial charge in [-0.25, -0.2) is 4.79 Å². The first-order valence-electron chi connectivity index (χ1n) is 6.13. The lowest BCUT2D eigenvalue weighted by atomic mass is 10.0. The summed E-state index contributed by atoms with van der Waals surface area (Å²) in [6.07, 6.45) is 1.91. The maximum atomic E-state index is 12.3. The van der Waals surface area contributed by atoms with Crippen LogP contribution < -0.4 is 5.32 Å². The summed E-state index contributed by atoms with van der Waals surface area (Å²) in [7, 11) is 1.30. The van der Waals surface area contributed by atoms with Crippen LogP contribution in [-0.2, 0) is 9.53 Å². The number of carbonyl (C=O) groups is 2. The Kier molecular flexibility index (Phi) is 6.36. The molecule has 0 aliphatic rings. The van der Waals surface area contributed by atoms with Gasteiger partial charge in [-0.2, -0.15) is 0 Å². The smallest absolute Gasteiger partial charge is 0.328 e. The number of hydrogen-bond donors (Lipinski definition) is 1. The Morgan fingerprint density at radius 3 is 2.50 bits per heavy atom. The lowest BCUT2D eigenvalue weighted by molar-refractivity contribution is -0.144. The van der Waals surface area contributed by atoms with Crippen LogP contribution in [0, 0.1) is 5.92 Å². The number of ether oxygens (including phenoxy) is 1. The van der Waals surface area contributed by atoms with Crippen molar-refractivity contribution < 1.29 is 14.3 Å². The van der Waals surface area contributed by atoms with Gasteiger partial charge < -0.3 is 10.1 Å². The molecule has 0 bridgehead atoms. The van der Waals surface area contributed by atoms with E-state index < -0.39 is 12.0 Å². The van der Waals surface area contributed by atoms with Crippen LogP contribution in [0.2, 0.25) is 5.02 Å². The standard InChI is InChI=1S/C14H18ClNO3S/c1-8(2)12(14(18)19-3)16-13(17)10-7-9(20-4)5-6-11(10)15/h5-8,12H,1-4H3,(H,16,17). The zero-order valence-electron chi connectivity index (χ0n) is 11.9. The summed E-state index contributed by atoms with van der Waals surface area (Å²) in [5.41, 5.74) is 0.355. The molecule has 0 heterocycles. The van der Waals surface area contributed by atoms with Gasteiger partial charge in [-0.05, 0) is 30.4 Å². The fraction of sp³-hybridized carbons (Fsp3) is 0.429. The highest BCUT2D eigenvalue weighted by atomic mass is 35.5. The minimum atomic E-state index is -0.693. The predicted octanol–water partition coefficient (Wildman–Crippen LogP) is 2.99. The molecule has 20 heavy (non-hydrogen) atoms. The molecule has 110 valence electrons. The number of amides is 1. The van der Waals surface area contributed by atoms with Crippen molar-refractivity contribution >= 4 is 35.2 Å². The van der Waals surface area contributed by atoms with Crippen molar-refractivity contribution in [2.24, 2.45) is 5.92 Å². The minimum absolute atomic E-state index is 0.0751. The molecular formula is C14H18ClNO3S. The van der Waals surface area contributed by atoms with E-state index in [1.54, 1.807) is 12.1 Å². The highest BCUT2D eigenvalue weighted by Gasteiger charge is 2.26. The van der Waals surface area contributed by atoms with E-state index >= 15 is 0 Å². The Balaban J connectivity index is 2.97. The van der Waals surface area contributed by atoms with E-state index in [4.69, 9.17) is 16.3 Å². The third kappa shape index (κ3) is 4.15. The van der Waals surface area contributed by atoms with Crippen molar-refractivity contribution in [1.29, 1.82) is 0 Å². The summed E-state index contributed by atoms with van der Waals surface area (Å²) in [6, 6.07) is 4.52. The first-order chi connectivity index (χ1) is 9.40. The molecule has 1 N–H and O–H groups in total. The zero-order valence-corrected chi connectivity index (χ0v) is 13.5. The summed E-state index contributed by atoms with van der Waals surface area (Å²) in [5.74, 6) is -0.922. The summed E-state index contributed by atoms with van der Waals surface area (Å²) >= 11 is 7.55. The van der Waals surface area contributed by atoms with Gasteiger partial charge in [-0.1, -0.05) is 25.4 Å². The maximum absolute atomic E-state index is 12.3. The fourth-order valence-electron chi connectivity index (χ4n) is 1.65. The largest absolute Gasteiger partial charge is 0.467 e. The van der Waals surface area contributed by atoms with E-state index in [9.17, 15) is 9.59 Å². The van der Waals surface area contributed by atoms with E-state index in [-0.39, 0.29) is 11.8 Å². The topological polar surface area (TPSA) is 55.4 Å². The molecule has 1 rings (SSSR count). The van der Waals surface area contributed by atoms with Crippen LogP contribution in [-0.4, -0.2) is 31.3 Å². The summed E-state index contributed by atoms with van der Waals surface area (Å²) in [4.78, 5) is 24.8. The molecular weight excluding hydrogens is 298 g/mol. The van der Waals surface area contributed by atoms with Crippen molar-refractivity contribution in [2.45, 2.75) is 24.8 Å². The van der Waals surface area contributed by atoms with Crippen LogP contribution in [0.1, 0.15) is 24.2 Å². The number of rotatable bonds is 5. The Hall–Kier alpha value is -1.20. The molecule has 0 radical (unpaired) electrons. The second-order valence-corrected chi connectivity index (χ2v) is 5.85. The summed E-state index contributed by atoms with van der Waals surface area (Å²) < 4.78 is 4.69. The number of thioether (sulfide) groups is 1.